The van der Waals surface area contributed by atoms with Crippen molar-refractivity contribution in [3.05, 3.63) is 53.1 Å². The first kappa shape index (κ1) is 13.8. The quantitative estimate of drug-likeness (QED) is 0.607. The highest BCUT2D eigenvalue weighted by atomic mass is 32.1. The van der Waals surface area contributed by atoms with Crippen molar-refractivity contribution in [2.24, 2.45) is 0 Å². The van der Waals surface area contributed by atoms with Gasteiger partial charge in [-0.2, -0.15) is 0 Å². The van der Waals surface area contributed by atoms with Crippen LogP contribution in [0.4, 0.5) is 0 Å². The summed E-state index contributed by atoms with van der Waals surface area (Å²) in [5.41, 5.74) is 3.66. The van der Waals surface area contributed by atoms with Crippen molar-refractivity contribution in [3.63, 3.8) is 0 Å². The number of hydrogen-bond donors (Lipinski definition) is 2. The molecule has 0 aliphatic heterocycles. The van der Waals surface area contributed by atoms with Crippen molar-refractivity contribution in [2.45, 2.75) is 13.5 Å². The van der Waals surface area contributed by atoms with Gasteiger partial charge in [0.1, 0.15) is 11.3 Å². The molecular weight excluding hydrogens is 310 g/mol. The molecular formula is C16H13N5OS. The zero-order valence-electron chi connectivity index (χ0n) is 12.3. The van der Waals surface area contributed by atoms with Crippen LogP contribution in [0.2, 0.25) is 0 Å². The molecule has 0 aliphatic carbocycles. The molecule has 1 aromatic carbocycles. The van der Waals surface area contributed by atoms with Crippen LogP contribution >= 0.6 is 11.3 Å². The summed E-state index contributed by atoms with van der Waals surface area (Å²) in [5, 5.41) is 3.35. The Bertz CT molecular complexity index is 987. The summed E-state index contributed by atoms with van der Waals surface area (Å²) in [4.78, 5) is 28.1. The van der Waals surface area contributed by atoms with Gasteiger partial charge >= 0.3 is 0 Å². The highest BCUT2D eigenvalue weighted by Crippen LogP contribution is 2.20. The zero-order valence-corrected chi connectivity index (χ0v) is 13.1. The van der Waals surface area contributed by atoms with E-state index in [4.69, 9.17) is 0 Å². The van der Waals surface area contributed by atoms with Gasteiger partial charge < -0.3 is 10.3 Å². The van der Waals surface area contributed by atoms with Gasteiger partial charge in [0.2, 0.25) is 0 Å². The molecule has 2 N–H and O–H groups in total. The first-order valence-corrected chi connectivity index (χ1v) is 7.95. The molecule has 0 atom stereocenters. The molecule has 4 rings (SSSR count). The van der Waals surface area contributed by atoms with E-state index in [2.05, 4.69) is 25.3 Å². The Morgan fingerprint density at radius 1 is 1.26 bits per heavy atom. The van der Waals surface area contributed by atoms with Crippen LogP contribution < -0.4 is 5.32 Å². The number of rotatable bonds is 3. The largest absolute Gasteiger partial charge is 0.346 e. The van der Waals surface area contributed by atoms with E-state index in [-0.39, 0.29) is 5.91 Å². The highest BCUT2D eigenvalue weighted by molar-refractivity contribution is 7.20. The van der Waals surface area contributed by atoms with Crippen LogP contribution in [0.25, 0.3) is 21.3 Å². The van der Waals surface area contributed by atoms with Crippen molar-refractivity contribution < 1.29 is 4.79 Å². The van der Waals surface area contributed by atoms with E-state index in [1.807, 2.05) is 31.2 Å². The minimum absolute atomic E-state index is 0.174. The van der Waals surface area contributed by atoms with Crippen molar-refractivity contribution in [1.82, 2.24) is 25.3 Å². The fourth-order valence-corrected chi connectivity index (χ4v) is 3.28. The van der Waals surface area contributed by atoms with Gasteiger partial charge in [0.25, 0.3) is 5.91 Å². The lowest BCUT2D eigenvalue weighted by Gasteiger charge is -2.03. The Morgan fingerprint density at radius 3 is 3.04 bits per heavy atom. The number of pyridine rings is 1. The summed E-state index contributed by atoms with van der Waals surface area (Å²) in [6.07, 6.45) is 3.36. The number of carbonyl (C=O) groups excluding carboxylic acids is 1. The van der Waals surface area contributed by atoms with Crippen molar-refractivity contribution in [2.75, 3.05) is 0 Å². The lowest BCUT2D eigenvalue weighted by Crippen LogP contribution is -2.22. The molecule has 23 heavy (non-hydrogen) atoms. The molecule has 0 saturated heterocycles. The number of aromatic nitrogens is 4. The summed E-state index contributed by atoms with van der Waals surface area (Å²) in [7, 11) is 0. The van der Waals surface area contributed by atoms with E-state index in [1.54, 1.807) is 12.4 Å². The van der Waals surface area contributed by atoms with Gasteiger partial charge in [0.15, 0.2) is 5.01 Å². The van der Waals surface area contributed by atoms with Gasteiger partial charge in [-0.15, -0.1) is 11.3 Å². The van der Waals surface area contributed by atoms with Crippen molar-refractivity contribution >= 4 is 38.5 Å². The topological polar surface area (TPSA) is 83.6 Å². The maximum absolute atomic E-state index is 12.3. The predicted octanol–water partition coefficient (Wildman–Crippen LogP) is 2.81. The number of nitrogens with one attached hydrogen (secondary N) is 2. The summed E-state index contributed by atoms with van der Waals surface area (Å²) < 4.78 is 0.958. The van der Waals surface area contributed by atoms with E-state index < -0.39 is 0 Å². The number of H-pyrrole nitrogens is 1. The molecule has 6 nitrogen and oxygen atoms in total. The number of aryl methyl sites for hydroxylation is 1. The van der Waals surface area contributed by atoms with Crippen LogP contribution in [-0.2, 0) is 6.54 Å². The number of nitrogens with zero attached hydrogens (tertiary/aromatic N) is 3. The average Bonchev–Trinajstić information content (AvgIpc) is 3.14. The Labute approximate surface area is 135 Å². The fraction of sp³-hybridized carbons (Fsp3) is 0.125. The van der Waals surface area contributed by atoms with Crippen LogP contribution in [0.5, 0.6) is 0 Å². The van der Waals surface area contributed by atoms with Crippen LogP contribution in [0, 0.1) is 6.92 Å². The van der Waals surface area contributed by atoms with E-state index >= 15 is 0 Å². The number of benzene rings is 1. The Hall–Kier alpha value is -2.80. The van der Waals surface area contributed by atoms with Crippen LogP contribution in [0.15, 0.2) is 36.7 Å². The second-order valence-electron chi connectivity index (χ2n) is 5.22. The Kier molecular flexibility index (Phi) is 3.27. The Morgan fingerprint density at radius 2 is 2.17 bits per heavy atom. The normalized spacial score (nSPS) is 11.2. The lowest BCUT2D eigenvalue weighted by atomic mass is 10.2. The molecule has 3 aromatic heterocycles. The van der Waals surface area contributed by atoms with E-state index in [9.17, 15) is 4.79 Å². The Balaban J connectivity index is 1.51. The molecule has 0 bridgehead atoms. The highest BCUT2D eigenvalue weighted by Gasteiger charge is 2.12. The second kappa shape index (κ2) is 5.44. The predicted molar refractivity (Wildman–Crippen MR) is 89.4 cm³/mol. The number of aromatic amines is 1. The molecule has 4 aromatic rings. The van der Waals surface area contributed by atoms with Crippen molar-refractivity contribution in [3.8, 4) is 0 Å². The summed E-state index contributed by atoms with van der Waals surface area (Å²) in [6.45, 7) is 2.37. The van der Waals surface area contributed by atoms with Crippen LogP contribution in [0.3, 0.4) is 0 Å². The number of imidazole rings is 1. The molecule has 3 heterocycles. The SMILES string of the molecule is Cc1nc2ccc(CNC(=O)c3nc4cnccc4s3)cc2[nH]1. The molecule has 0 unspecified atom stereocenters. The molecule has 1 amide bonds. The summed E-state index contributed by atoms with van der Waals surface area (Å²) >= 11 is 1.37. The number of carbonyl (C=O) groups is 1. The monoisotopic (exact) mass is 323 g/mol. The second-order valence-corrected chi connectivity index (χ2v) is 6.25. The van der Waals surface area contributed by atoms with E-state index in [1.165, 1.54) is 11.3 Å². The molecule has 0 saturated carbocycles. The number of fused-ring (bicyclic) bond motifs is 2. The van der Waals surface area contributed by atoms with Crippen LogP contribution in [0.1, 0.15) is 21.2 Å². The summed E-state index contributed by atoms with van der Waals surface area (Å²) in [6, 6.07) is 7.77. The first-order chi connectivity index (χ1) is 11.2. The molecule has 0 fully saturated rings. The minimum Gasteiger partial charge on any atom is -0.346 e. The zero-order chi connectivity index (χ0) is 15.8. The van der Waals surface area contributed by atoms with Gasteiger partial charge in [-0.1, -0.05) is 6.07 Å². The fourth-order valence-electron chi connectivity index (χ4n) is 2.43. The third-order valence-corrected chi connectivity index (χ3v) is 4.54. The minimum atomic E-state index is -0.174. The first-order valence-electron chi connectivity index (χ1n) is 7.13. The van der Waals surface area contributed by atoms with E-state index in [0.29, 0.717) is 11.6 Å². The molecule has 0 spiro atoms. The lowest BCUT2D eigenvalue weighted by molar-refractivity contribution is 0.0951. The standard InChI is InChI=1S/C16H13N5OS/c1-9-19-11-3-2-10(6-12(11)20-9)7-18-15(22)16-21-13-8-17-5-4-14(13)23-16/h2-6,8H,7H2,1H3,(H,18,22)(H,19,20). The maximum atomic E-state index is 12.3. The smallest absolute Gasteiger partial charge is 0.280 e. The number of thiazole rings is 1. The van der Waals surface area contributed by atoms with Gasteiger partial charge in [0, 0.05) is 12.7 Å². The summed E-state index contributed by atoms with van der Waals surface area (Å²) in [5.74, 6) is 0.705. The number of amides is 1. The molecule has 0 radical (unpaired) electrons. The van der Waals surface area contributed by atoms with Gasteiger partial charge in [-0.25, -0.2) is 9.97 Å². The average molecular weight is 323 g/mol. The maximum Gasteiger partial charge on any atom is 0.280 e. The molecule has 114 valence electrons. The van der Waals surface area contributed by atoms with Gasteiger partial charge in [-0.3, -0.25) is 9.78 Å². The van der Waals surface area contributed by atoms with Crippen molar-refractivity contribution in [1.29, 1.82) is 0 Å². The third-order valence-electron chi connectivity index (χ3n) is 3.50. The molecule has 7 heteroatoms. The number of hydrogen-bond acceptors (Lipinski definition) is 5. The van der Waals surface area contributed by atoms with Crippen LogP contribution in [-0.4, -0.2) is 25.8 Å². The third kappa shape index (κ3) is 2.66. The van der Waals surface area contributed by atoms with E-state index in [0.717, 1.165) is 32.6 Å². The molecule has 0 aliphatic rings. The van der Waals surface area contributed by atoms with Gasteiger partial charge in [0.05, 0.1) is 21.9 Å². The van der Waals surface area contributed by atoms with Gasteiger partial charge in [-0.05, 0) is 30.7 Å².